The van der Waals surface area contributed by atoms with E-state index in [0.29, 0.717) is 50.1 Å². The van der Waals surface area contributed by atoms with E-state index in [4.69, 9.17) is 13.7 Å². The van der Waals surface area contributed by atoms with Crippen LogP contribution in [-0.4, -0.2) is 45.6 Å². The molecule has 27 heavy (non-hydrogen) atoms. The van der Waals surface area contributed by atoms with Gasteiger partial charge in [0.05, 0.1) is 24.8 Å². The van der Waals surface area contributed by atoms with Crippen LogP contribution in [0.25, 0.3) is 0 Å². The number of aryl methyl sites for hydroxylation is 1. The van der Waals surface area contributed by atoms with Gasteiger partial charge >= 0.3 is 0 Å². The zero-order valence-corrected chi connectivity index (χ0v) is 15.0. The Morgan fingerprint density at radius 3 is 2.85 bits per heavy atom. The van der Waals surface area contributed by atoms with E-state index in [2.05, 4.69) is 15.1 Å². The highest BCUT2D eigenvalue weighted by atomic mass is 16.5. The van der Waals surface area contributed by atoms with Crippen molar-refractivity contribution in [2.75, 3.05) is 19.7 Å². The van der Waals surface area contributed by atoms with E-state index < -0.39 is 0 Å². The second kappa shape index (κ2) is 7.71. The van der Waals surface area contributed by atoms with Crippen molar-refractivity contribution >= 4 is 5.91 Å². The first-order valence-electron chi connectivity index (χ1n) is 8.84. The zero-order chi connectivity index (χ0) is 18.6. The van der Waals surface area contributed by atoms with Crippen molar-refractivity contribution in [2.45, 2.75) is 25.9 Å². The highest BCUT2D eigenvalue weighted by Crippen LogP contribution is 2.27. The summed E-state index contributed by atoms with van der Waals surface area (Å²) in [5, 5.41) is 4.00. The maximum atomic E-state index is 12.3. The molecule has 140 valence electrons. The standard InChI is InChI=1S/C19H20N4O4/c1-13-17(26-12-20-13)19(24)23-9-15(10-23)18-21-16(22-27-18)7-8-25-11-14-5-3-2-4-6-14/h2-6,12,15H,7-11H2,1H3. The van der Waals surface area contributed by atoms with E-state index in [1.165, 1.54) is 6.39 Å². The summed E-state index contributed by atoms with van der Waals surface area (Å²) in [7, 11) is 0. The van der Waals surface area contributed by atoms with Gasteiger partial charge in [-0.1, -0.05) is 35.5 Å². The van der Waals surface area contributed by atoms with Crippen LogP contribution in [0.15, 0.2) is 45.7 Å². The number of benzene rings is 1. The highest BCUT2D eigenvalue weighted by Gasteiger charge is 2.37. The fraction of sp³-hybridized carbons (Fsp3) is 0.368. The summed E-state index contributed by atoms with van der Waals surface area (Å²) in [6.45, 7) is 3.90. The smallest absolute Gasteiger partial charge is 0.291 e. The molecule has 1 aliphatic heterocycles. The Kier molecular flexibility index (Phi) is 4.97. The maximum Gasteiger partial charge on any atom is 0.291 e. The monoisotopic (exact) mass is 368 g/mol. The Hall–Kier alpha value is -3.00. The fourth-order valence-electron chi connectivity index (χ4n) is 2.91. The van der Waals surface area contributed by atoms with E-state index in [9.17, 15) is 4.79 Å². The van der Waals surface area contributed by atoms with E-state index in [1.807, 2.05) is 30.3 Å². The average Bonchev–Trinajstić information content (AvgIpc) is 3.27. The number of aromatic nitrogens is 3. The minimum absolute atomic E-state index is 0.0589. The third-order valence-electron chi connectivity index (χ3n) is 4.52. The topological polar surface area (TPSA) is 94.5 Å². The van der Waals surface area contributed by atoms with Crippen LogP contribution in [0.1, 0.15) is 39.4 Å². The van der Waals surface area contributed by atoms with Crippen molar-refractivity contribution in [3.63, 3.8) is 0 Å². The van der Waals surface area contributed by atoms with Gasteiger partial charge in [0.1, 0.15) is 0 Å². The molecule has 1 aromatic carbocycles. The Morgan fingerprint density at radius 1 is 1.30 bits per heavy atom. The van der Waals surface area contributed by atoms with Crippen LogP contribution in [0.2, 0.25) is 0 Å². The number of oxazole rings is 1. The maximum absolute atomic E-state index is 12.3. The lowest BCUT2D eigenvalue weighted by molar-refractivity contribution is 0.0536. The van der Waals surface area contributed by atoms with Crippen LogP contribution in [-0.2, 0) is 17.8 Å². The molecule has 0 atom stereocenters. The molecule has 3 heterocycles. The molecule has 4 rings (SSSR count). The summed E-state index contributed by atoms with van der Waals surface area (Å²) >= 11 is 0. The number of carbonyl (C=O) groups is 1. The molecule has 1 fully saturated rings. The molecule has 8 nitrogen and oxygen atoms in total. The summed E-state index contributed by atoms with van der Waals surface area (Å²) in [5.41, 5.74) is 1.73. The molecular weight excluding hydrogens is 348 g/mol. The predicted molar refractivity (Wildman–Crippen MR) is 94.0 cm³/mol. The molecule has 0 saturated carbocycles. The number of carbonyl (C=O) groups excluding carboxylic acids is 1. The molecule has 0 spiro atoms. The van der Waals surface area contributed by atoms with Gasteiger partial charge in [-0.2, -0.15) is 4.98 Å². The SMILES string of the molecule is Cc1ncoc1C(=O)N1CC(c2nc(CCOCc3ccccc3)no2)C1. The fourth-order valence-corrected chi connectivity index (χ4v) is 2.91. The lowest BCUT2D eigenvalue weighted by atomic mass is 9.99. The second-order valence-corrected chi connectivity index (χ2v) is 6.51. The van der Waals surface area contributed by atoms with Crippen molar-refractivity contribution in [1.29, 1.82) is 0 Å². The number of rotatable bonds is 7. The Balaban J connectivity index is 1.22. The minimum atomic E-state index is -0.157. The van der Waals surface area contributed by atoms with E-state index in [-0.39, 0.29) is 17.6 Å². The van der Waals surface area contributed by atoms with Gasteiger partial charge in [-0.05, 0) is 12.5 Å². The number of ether oxygens (including phenoxy) is 1. The largest absolute Gasteiger partial charge is 0.438 e. The normalized spacial score (nSPS) is 14.3. The van der Waals surface area contributed by atoms with Crippen molar-refractivity contribution in [3.05, 3.63) is 65.5 Å². The third kappa shape index (κ3) is 3.90. The molecule has 0 unspecified atom stereocenters. The Morgan fingerprint density at radius 2 is 2.11 bits per heavy atom. The van der Waals surface area contributed by atoms with Crippen LogP contribution < -0.4 is 0 Å². The molecule has 8 heteroatoms. The van der Waals surface area contributed by atoms with Gasteiger partial charge in [-0.3, -0.25) is 4.79 Å². The summed E-state index contributed by atoms with van der Waals surface area (Å²) in [5.74, 6) is 1.37. The molecule has 0 bridgehead atoms. The van der Waals surface area contributed by atoms with Gasteiger partial charge in [0.25, 0.3) is 5.91 Å². The van der Waals surface area contributed by atoms with E-state index in [0.717, 1.165) is 5.56 Å². The van der Waals surface area contributed by atoms with Crippen LogP contribution in [0, 0.1) is 6.92 Å². The van der Waals surface area contributed by atoms with Crippen LogP contribution >= 0.6 is 0 Å². The quantitative estimate of drug-likeness (QED) is 0.591. The van der Waals surface area contributed by atoms with Crippen LogP contribution in [0.3, 0.4) is 0 Å². The number of nitrogens with zero attached hydrogens (tertiary/aromatic N) is 4. The van der Waals surface area contributed by atoms with E-state index >= 15 is 0 Å². The molecule has 1 saturated heterocycles. The van der Waals surface area contributed by atoms with Gasteiger partial charge in [0.2, 0.25) is 11.7 Å². The number of amides is 1. The summed E-state index contributed by atoms with van der Waals surface area (Å²) in [6, 6.07) is 10.00. The second-order valence-electron chi connectivity index (χ2n) is 6.51. The predicted octanol–water partition coefficient (Wildman–Crippen LogP) is 2.36. The first-order chi connectivity index (χ1) is 13.2. The summed E-state index contributed by atoms with van der Waals surface area (Å²) < 4.78 is 16.1. The van der Waals surface area contributed by atoms with Gasteiger partial charge in [0.15, 0.2) is 12.2 Å². The zero-order valence-electron chi connectivity index (χ0n) is 15.0. The minimum Gasteiger partial charge on any atom is -0.438 e. The molecule has 0 N–H and O–H groups in total. The van der Waals surface area contributed by atoms with Crippen LogP contribution in [0.4, 0.5) is 0 Å². The van der Waals surface area contributed by atoms with Gasteiger partial charge in [-0.15, -0.1) is 0 Å². The van der Waals surface area contributed by atoms with Crippen LogP contribution in [0.5, 0.6) is 0 Å². The number of hydrogen-bond donors (Lipinski definition) is 0. The van der Waals surface area contributed by atoms with Gasteiger partial charge < -0.3 is 18.6 Å². The molecule has 1 amide bonds. The summed E-state index contributed by atoms with van der Waals surface area (Å²) in [6.07, 6.45) is 1.87. The molecule has 3 aromatic rings. The average molecular weight is 368 g/mol. The first-order valence-corrected chi connectivity index (χ1v) is 8.84. The van der Waals surface area contributed by atoms with Crippen molar-refractivity contribution in [2.24, 2.45) is 0 Å². The van der Waals surface area contributed by atoms with Gasteiger partial charge in [-0.25, -0.2) is 4.98 Å². The lowest BCUT2D eigenvalue weighted by Gasteiger charge is -2.36. The molecule has 0 radical (unpaired) electrons. The molecule has 0 aliphatic carbocycles. The Labute approximate surface area is 156 Å². The molecule has 2 aromatic heterocycles. The number of hydrogen-bond acceptors (Lipinski definition) is 7. The highest BCUT2D eigenvalue weighted by molar-refractivity contribution is 5.93. The van der Waals surface area contributed by atoms with Crippen molar-refractivity contribution < 1.29 is 18.5 Å². The van der Waals surface area contributed by atoms with Crippen molar-refractivity contribution in [1.82, 2.24) is 20.0 Å². The Bertz CT molecular complexity index is 899. The molecule has 1 aliphatic rings. The number of likely N-dealkylation sites (tertiary alicyclic amines) is 1. The summed E-state index contributed by atoms with van der Waals surface area (Å²) in [4.78, 5) is 22.3. The lowest BCUT2D eigenvalue weighted by Crippen LogP contribution is -2.48. The third-order valence-corrected chi connectivity index (χ3v) is 4.52. The molecular formula is C19H20N4O4. The van der Waals surface area contributed by atoms with Crippen molar-refractivity contribution in [3.8, 4) is 0 Å². The van der Waals surface area contributed by atoms with E-state index in [1.54, 1.807) is 11.8 Å². The first kappa shape index (κ1) is 17.4. The van der Waals surface area contributed by atoms with Gasteiger partial charge in [0, 0.05) is 19.5 Å².